The van der Waals surface area contributed by atoms with E-state index in [9.17, 15) is 19.9 Å². The van der Waals surface area contributed by atoms with Gasteiger partial charge in [0.05, 0.1) is 14.2 Å². The number of carbonyl (C=O) groups is 2. The number of carboxylic acids is 1. The van der Waals surface area contributed by atoms with Crippen LogP contribution in [0.15, 0.2) is 97.3 Å². The van der Waals surface area contributed by atoms with Crippen LogP contribution in [0.25, 0.3) is 0 Å². The maximum Gasteiger partial charge on any atom is 0.346 e. The number of ether oxygens (including phenoxy) is 3. The molecule has 0 amide bonds. The van der Waals surface area contributed by atoms with Gasteiger partial charge in [-0.1, -0.05) is 89.9 Å². The number of hydrogen-bond acceptors (Lipinski definition) is 9. The minimum Gasteiger partial charge on any atom is -0.493 e. The molecule has 7 rings (SSSR count). The molecule has 2 fully saturated rings. The highest BCUT2D eigenvalue weighted by Crippen LogP contribution is 2.42. The Labute approximate surface area is 340 Å². The van der Waals surface area contributed by atoms with Crippen LogP contribution in [0.1, 0.15) is 80.0 Å². The van der Waals surface area contributed by atoms with Crippen molar-refractivity contribution >= 4 is 46.5 Å². The molecule has 2 aromatic heterocycles. The van der Waals surface area contributed by atoms with Crippen LogP contribution in [0.2, 0.25) is 10.0 Å². The van der Waals surface area contributed by atoms with Crippen LogP contribution in [0.5, 0.6) is 11.5 Å². The van der Waals surface area contributed by atoms with Crippen molar-refractivity contribution < 1.29 is 38.8 Å². The van der Waals surface area contributed by atoms with Gasteiger partial charge in [-0.3, -0.25) is 15.4 Å². The van der Waals surface area contributed by atoms with E-state index in [1.165, 1.54) is 25.1 Å². The number of esters is 1. The monoisotopic (exact) mass is 816 g/mol. The van der Waals surface area contributed by atoms with Gasteiger partial charge < -0.3 is 19.3 Å². The molecule has 292 valence electrons. The molecular formula is C43H44Cl2N3O7S+. The van der Waals surface area contributed by atoms with Gasteiger partial charge in [0, 0.05) is 59.1 Å². The van der Waals surface area contributed by atoms with Gasteiger partial charge >= 0.3 is 11.9 Å². The number of thiophene rings is 1. The molecule has 0 radical (unpaired) electrons. The number of halogens is 2. The molecule has 2 aliphatic heterocycles. The normalized spacial score (nSPS) is 19.0. The van der Waals surface area contributed by atoms with Crippen molar-refractivity contribution in [1.82, 2.24) is 10.2 Å². The predicted molar refractivity (Wildman–Crippen MR) is 214 cm³/mol. The fraction of sp³-hybridized carbons (Fsp3) is 0.326. The van der Waals surface area contributed by atoms with E-state index in [-0.39, 0.29) is 40.0 Å². The van der Waals surface area contributed by atoms with Crippen molar-refractivity contribution in [2.24, 2.45) is 0 Å². The van der Waals surface area contributed by atoms with E-state index in [1.54, 1.807) is 13.2 Å². The number of carboxylic acid groups (broad SMARTS) is 1. The van der Waals surface area contributed by atoms with E-state index in [0.29, 0.717) is 39.6 Å². The molecule has 0 saturated carbocycles. The maximum atomic E-state index is 14.1. The van der Waals surface area contributed by atoms with E-state index in [4.69, 9.17) is 37.4 Å². The van der Waals surface area contributed by atoms with Gasteiger partial charge in [-0.25, -0.2) is 9.59 Å². The van der Waals surface area contributed by atoms with Gasteiger partial charge in [-0.2, -0.15) is 0 Å². The van der Waals surface area contributed by atoms with E-state index < -0.39 is 17.9 Å². The number of piperidine rings is 1. The summed E-state index contributed by atoms with van der Waals surface area (Å²) in [6.45, 7) is 1.10. The molecule has 0 aliphatic carbocycles. The topological polar surface area (TPSA) is 121 Å². The number of fused-ring (bicyclic) bond motifs is 2. The summed E-state index contributed by atoms with van der Waals surface area (Å²) in [5.74, 6) is -1.00. The Bertz CT molecular complexity index is 2130. The molecule has 2 saturated heterocycles. The van der Waals surface area contributed by atoms with E-state index >= 15 is 0 Å². The number of benzene rings is 3. The first-order valence-electron chi connectivity index (χ1n) is 18.6. The summed E-state index contributed by atoms with van der Waals surface area (Å²) in [5.41, 5.74) is 3.86. The molecule has 2 bridgehead atoms. The Morgan fingerprint density at radius 2 is 1.54 bits per heavy atom. The molecule has 5 aromatic rings. The Morgan fingerprint density at radius 1 is 0.893 bits per heavy atom. The zero-order valence-electron chi connectivity index (χ0n) is 31.1. The molecule has 10 nitrogen and oxygen atoms in total. The molecule has 3 unspecified atom stereocenters. The standard InChI is InChI=1S/C43H43Cl2N3O7S/c1-53-38-16-13-28(17-39(38)54-2)33(21-35-36(44)24-47(52)25-37(35)45)34-20-32(56-41(34)42(49)50)22-46-40(27-11-7-4-8-12-27)43(51)55-31-18-29-14-15-30(19-31)48(29)23-26-9-5-3-6-10-26/h3-13,16-17,20,24-25,29-31,33,40,46H,14-15,18-19,21-23H2,1-2H3,(H-,49,50,52)/p+1/t29?,30?,31?,33-,40?/m0/s1. The number of aromatic nitrogens is 1. The lowest BCUT2D eigenvalue weighted by Gasteiger charge is -2.39. The van der Waals surface area contributed by atoms with Crippen LogP contribution in [-0.2, 0) is 29.0 Å². The van der Waals surface area contributed by atoms with Crippen LogP contribution < -0.4 is 19.5 Å². The Hall–Kier alpha value is -4.65. The molecule has 56 heavy (non-hydrogen) atoms. The van der Waals surface area contributed by atoms with Crippen LogP contribution in [0.3, 0.4) is 0 Å². The van der Waals surface area contributed by atoms with Crippen molar-refractivity contribution in [3.8, 4) is 11.5 Å². The van der Waals surface area contributed by atoms with E-state index in [0.717, 1.165) is 59.4 Å². The second-order valence-electron chi connectivity index (χ2n) is 14.3. The van der Waals surface area contributed by atoms with Crippen molar-refractivity contribution in [2.45, 2.75) is 75.3 Å². The third kappa shape index (κ3) is 8.82. The van der Waals surface area contributed by atoms with Gasteiger partial charge in [0.1, 0.15) is 27.1 Å². The average molecular weight is 818 g/mol. The molecule has 13 heteroatoms. The number of nitrogens with zero attached hydrogens (tertiary/aromatic N) is 2. The highest BCUT2D eigenvalue weighted by atomic mass is 35.5. The first-order valence-corrected chi connectivity index (χ1v) is 20.1. The molecule has 0 spiro atoms. The van der Waals surface area contributed by atoms with Gasteiger partial charge in [-0.15, -0.1) is 11.3 Å². The highest BCUT2D eigenvalue weighted by Gasteiger charge is 2.42. The van der Waals surface area contributed by atoms with Crippen LogP contribution in [-0.4, -0.2) is 59.6 Å². The molecule has 4 heterocycles. The number of aromatic carboxylic acids is 1. The van der Waals surface area contributed by atoms with Crippen molar-refractivity contribution in [3.63, 3.8) is 0 Å². The van der Waals surface area contributed by atoms with E-state index in [2.05, 4.69) is 34.5 Å². The predicted octanol–water partition coefficient (Wildman–Crippen LogP) is 8.24. The first-order chi connectivity index (χ1) is 27.1. The molecule has 4 atom stereocenters. The minimum absolute atomic E-state index is 0.138. The number of pyridine rings is 1. The number of rotatable bonds is 15. The molecule has 3 N–H and O–H groups in total. The summed E-state index contributed by atoms with van der Waals surface area (Å²) < 4.78 is 18.1. The second-order valence-corrected chi connectivity index (χ2v) is 16.2. The third-order valence-electron chi connectivity index (χ3n) is 10.8. The smallest absolute Gasteiger partial charge is 0.346 e. The molecule has 2 aliphatic rings. The first kappa shape index (κ1) is 39.6. The Morgan fingerprint density at radius 3 is 2.16 bits per heavy atom. The molecule has 3 aromatic carbocycles. The zero-order valence-corrected chi connectivity index (χ0v) is 33.4. The van der Waals surface area contributed by atoms with Crippen LogP contribution in [0, 0.1) is 0 Å². The number of nitrogens with one attached hydrogen (secondary N) is 1. The summed E-state index contributed by atoms with van der Waals surface area (Å²) >= 11 is 14.3. The lowest BCUT2D eigenvalue weighted by molar-refractivity contribution is -0.904. The van der Waals surface area contributed by atoms with Crippen LogP contribution in [0.4, 0.5) is 0 Å². The summed E-state index contributed by atoms with van der Waals surface area (Å²) in [4.78, 5) is 30.4. The summed E-state index contributed by atoms with van der Waals surface area (Å²) in [6.07, 6.45) is 6.44. The summed E-state index contributed by atoms with van der Waals surface area (Å²) in [7, 11) is 3.08. The van der Waals surface area contributed by atoms with Gasteiger partial charge in [-0.05, 0) is 59.7 Å². The van der Waals surface area contributed by atoms with Crippen LogP contribution >= 0.6 is 34.5 Å². The largest absolute Gasteiger partial charge is 0.493 e. The van der Waals surface area contributed by atoms with E-state index in [1.807, 2.05) is 54.6 Å². The lowest BCUT2D eigenvalue weighted by Crippen LogP contribution is -2.46. The molecular weight excluding hydrogens is 773 g/mol. The summed E-state index contributed by atoms with van der Waals surface area (Å²) in [6, 6.07) is 27.2. The highest BCUT2D eigenvalue weighted by molar-refractivity contribution is 7.14. The van der Waals surface area contributed by atoms with Crippen molar-refractivity contribution in [1.29, 1.82) is 0 Å². The third-order valence-corrected chi connectivity index (χ3v) is 12.6. The minimum atomic E-state index is -1.09. The van der Waals surface area contributed by atoms with Gasteiger partial charge in [0.15, 0.2) is 11.5 Å². The lowest BCUT2D eigenvalue weighted by atomic mass is 9.85. The SMILES string of the molecule is COc1ccc([C@H](Cc2c(Cl)c[n+](O)cc2Cl)c2cc(CNC(C(=O)OC3CC4CCC(C3)N4Cc3ccccc3)c3ccccc3)sc2C(=O)O)cc1OC. The Kier molecular flexibility index (Phi) is 12.5. The Balaban J connectivity index is 1.14. The fourth-order valence-electron chi connectivity index (χ4n) is 8.18. The fourth-order valence-corrected chi connectivity index (χ4v) is 9.79. The second kappa shape index (κ2) is 17.7. The quantitative estimate of drug-likeness (QED) is 0.0545. The van der Waals surface area contributed by atoms with Crippen molar-refractivity contribution in [3.05, 3.63) is 145 Å². The number of hydrogen-bond donors (Lipinski definition) is 3. The maximum absolute atomic E-state index is 14.1. The number of methoxy groups -OCH3 is 2. The number of carbonyl (C=O) groups excluding carboxylic acids is 1. The summed E-state index contributed by atoms with van der Waals surface area (Å²) in [5, 5.41) is 24.4. The average Bonchev–Trinajstić information content (AvgIpc) is 3.71. The van der Waals surface area contributed by atoms with Gasteiger partial charge in [0.25, 0.3) is 0 Å². The zero-order chi connectivity index (χ0) is 39.3. The van der Waals surface area contributed by atoms with Gasteiger partial charge in [0.2, 0.25) is 12.4 Å². The van der Waals surface area contributed by atoms with Crippen molar-refractivity contribution in [2.75, 3.05) is 14.2 Å².